The molecule has 0 bridgehead atoms. The zero-order valence-corrected chi connectivity index (χ0v) is 9.78. The third-order valence-corrected chi connectivity index (χ3v) is 2.74. The van der Waals surface area contributed by atoms with Gasteiger partial charge in [-0.05, 0) is 24.6 Å². The monoisotopic (exact) mass is 233 g/mol. The molecule has 1 aromatic heterocycles. The standard InChI is InChI=1S/C13H16FN3/c1-9(7-15)6-13-16-8-12(17-13)10-4-2-3-5-11(10)14/h2-5,8-9H,6-7,15H2,1H3,(H,16,17). The van der Waals surface area contributed by atoms with Crippen LogP contribution in [0.4, 0.5) is 4.39 Å². The summed E-state index contributed by atoms with van der Waals surface area (Å²) in [6.07, 6.45) is 2.45. The Hall–Kier alpha value is -1.68. The van der Waals surface area contributed by atoms with Gasteiger partial charge in [-0.2, -0.15) is 0 Å². The Morgan fingerprint density at radius 2 is 2.18 bits per heavy atom. The maximum Gasteiger partial charge on any atom is 0.132 e. The number of aromatic amines is 1. The molecule has 17 heavy (non-hydrogen) atoms. The summed E-state index contributed by atoms with van der Waals surface area (Å²) in [5, 5.41) is 0. The molecule has 0 saturated heterocycles. The highest BCUT2D eigenvalue weighted by atomic mass is 19.1. The Morgan fingerprint density at radius 1 is 1.41 bits per heavy atom. The molecular weight excluding hydrogens is 217 g/mol. The van der Waals surface area contributed by atoms with E-state index in [-0.39, 0.29) is 5.82 Å². The summed E-state index contributed by atoms with van der Waals surface area (Å²) < 4.78 is 13.5. The van der Waals surface area contributed by atoms with E-state index in [0.717, 1.165) is 12.2 Å². The van der Waals surface area contributed by atoms with Crippen molar-refractivity contribution in [3.05, 3.63) is 42.1 Å². The molecule has 1 heterocycles. The molecule has 0 aliphatic carbocycles. The van der Waals surface area contributed by atoms with E-state index >= 15 is 0 Å². The molecule has 2 aromatic rings. The van der Waals surface area contributed by atoms with Crippen molar-refractivity contribution in [2.75, 3.05) is 6.54 Å². The van der Waals surface area contributed by atoms with Crippen molar-refractivity contribution in [3.63, 3.8) is 0 Å². The molecule has 4 heteroatoms. The van der Waals surface area contributed by atoms with Crippen LogP contribution < -0.4 is 5.73 Å². The molecule has 0 radical (unpaired) electrons. The Labute approximate surface area is 99.9 Å². The van der Waals surface area contributed by atoms with Crippen LogP contribution in [0.15, 0.2) is 30.5 Å². The Balaban J connectivity index is 2.21. The maximum atomic E-state index is 13.5. The van der Waals surface area contributed by atoms with E-state index in [2.05, 4.69) is 16.9 Å². The van der Waals surface area contributed by atoms with Crippen LogP contribution in [0.3, 0.4) is 0 Å². The van der Waals surface area contributed by atoms with E-state index in [1.54, 1.807) is 24.4 Å². The van der Waals surface area contributed by atoms with Gasteiger partial charge in [0.2, 0.25) is 0 Å². The molecule has 1 unspecified atom stereocenters. The van der Waals surface area contributed by atoms with Gasteiger partial charge in [0.15, 0.2) is 0 Å². The first-order chi connectivity index (χ1) is 8.20. The van der Waals surface area contributed by atoms with Crippen molar-refractivity contribution in [2.45, 2.75) is 13.3 Å². The zero-order valence-electron chi connectivity index (χ0n) is 9.78. The van der Waals surface area contributed by atoms with E-state index in [9.17, 15) is 4.39 Å². The quantitative estimate of drug-likeness (QED) is 0.851. The second-order valence-corrected chi connectivity index (χ2v) is 4.27. The van der Waals surface area contributed by atoms with Crippen LogP contribution in [0.2, 0.25) is 0 Å². The van der Waals surface area contributed by atoms with Crippen molar-refractivity contribution in [3.8, 4) is 11.3 Å². The molecule has 90 valence electrons. The van der Waals surface area contributed by atoms with Gasteiger partial charge in [-0.1, -0.05) is 19.1 Å². The smallest absolute Gasteiger partial charge is 0.132 e. The lowest BCUT2D eigenvalue weighted by atomic mass is 10.1. The van der Waals surface area contributed by atoms with Crippen LogP contribution >= 0.6 is 0 Å². The van der Waals surface area contributed by atoms with Gasteiger partial charge in [0.1, 0.15) is 11.6 Å². The largest absolute Gasteiger partial charge is 0.342 e. The minimum absolute atomic E-state index is 0.241. The number of hydrogen-bond donors (Lipinski definition) is 2. The van der Waals surface area contributed by atoms with Crippen molar-refractivity contribution < 1.29 is 4.39 Å². The summed E-state index contributed by atoms with van der Waals surface area (Å²) in [5.41, 5.74) is 6.82. The minimum Gasteiger partial charge on any atom is -0.342 e. The maximum absolute atomic E-state index is 13.5. The second-order valence-electron chi connectivity index (χ2n) is 4.27. The van der Waals surface area contributed by atoms with E-state index < -0.39 is 0 Å². The summed E-state index contributed by atoms with van der Waals surface area (Å²) in [4.78, 5) is 7.37. The topological polar surface area (TPSA) is 54.7 Å². The number of nitrogens with one attached hydrogen (secondary N) is 1. The molecule has 1 aromatic carbocycles. The first-order valence-corrected chi connectivity index (χ1v) is 5.69. The van der Waals surface area contributed by atoms with Gasteiger partial charge in [-0.3, -0.25) is 0 Å². The van der Waals surface area contributed by atoms with Crippen molar-refractivity contribution in [1.82, 2.24) is 9.97 Å². The normalized spacial score (nSPS) is 12.6. The van der Waals surface area contributed by atoms with Crippen LogP contribution in [-0.2, 0) is 6.42 Å². The minimum atomic E-state index is -0.241. The van der Waals surface area contributed by atoms with Crippen LogP contribution in [-0.4, -0.2) is 16.5 Å². The number of H-pyrrole nitrogens is 1. The number of imidazole rings is 1. The predicted molar refractivity (Wildman–Crippen MR) is 65.9 cm³/mol. The van der Waals surface area contributed by atoms with Gasteiger partial charge in [0.25, 0.3) is 0 Å². The SMILES string of the molecule is CC(CN)Cc1ncc(-c2ccccc2F)[nH]1. The molecule has 1 atom stereocenters. The van der Waals surface area contributed by atoms with Crippen LogP contribution in [0.5, 0.6) is 0 Å². The molecular formula is C13H16FN3. The Morgan fingerprint density at radius 3 is 2.88 bits per heavy atom. The summed E-state index contributed by atoms with van der Waals surface area (Å²) in [6, 6.07) is 6.66. The molecule has 0 amide bonds. The highest BCUT2D eigenvalue weighted by Gasteiger charge is 2.09. The summed E-state index contributed by atoms with van der Waals surface area (Å²) >= 11 is 0. The van der Waals surface area contributed by atoms with E-state index in [1.165, 1.54) is 6.07 Å². The van der Waals surface area contributed by atoms with Crippen LogP contribution in [0.1, 0.15) is 12.7 Å². The van der Waals surface area contributed by atoms with Gasteiger partial charge in [-0.15, -0.1) is 0 Å². The molecule has 0 aliphatic heterocycles. The molecule has 2 rings (SSSR count). The number of nitrogens with two attached hydrogens (primary N) is 1. The first kappa shape index (κ1) is 11.8. The zero-order chi connectivity index (χ0) is 12.3. The Bertz CT molecular complexity index is 493. The third kappa shape index (κ3) is 2.71. The van der Waals surface area contributed by atoms with Crippen LogP contribution in [0.25, 0.3) is 11.3 Å². The molecule has 3 nitrogen and oxygen atoms in total. The fraction of sp³-hybridized carbons (Fsp3) is 0.308. The number of benzene rings is 1. The van der Waals surface area contributed by atoms with E-state index in [1.807, 2.05) is 0 Å². The predicted octanol–water partition coefficient (Wildman–Crippen LogP) is 2.35. The van der Waals surface area contributed by atoms with Crippen molar-refractivity contribution >= 4 is 0 Å². The summed E-state index contributed by atoms with van der Waals surface area (Å²) in [5.74, 6) is 0.977. The van der Waals surface area contributed by atoms with Gasteiger partial charge < -0.3 is 10.7 Å². The molecule has 0 saturated carbocycles. The lowest BCUT2D eigenvalue weighted by molar-refractivity contribution is 0.577. The Kier molecular flexibility index (Phi) is 3.54. The fourth-order valence-corrected chi connectivity index (χ4v) is 1.70. The summed E-state index contributed by atoms with van der Waals surface area (Å²) in [6.45, 7) is 2.68. The molecule has 0 fully saturated rings. The average Bonchev–Trinajstić information content (AvgIpc) is 2.78. The average molecular weight is 233 g/mol. The lowest BCUT2D eigenvalue weighted by Gasteiger charge is -2.04. The number of nitrogens with zero attached hydrogens (tertiary/aromatic N) is 1. The van der Waals surface area contributed by atoms with Gasteiger partial charge in [-0.25, -0.2) is 9.37 Å². The van der Waals surface area contributed by atoms with Crippen LogP contribution in [0, 0.1) is 11.7 Å². The molecule has 3 N–H and O–H groups in total. The van der Waals surface area contributed by atoms with Crippen molar-refractivity contribution in [1.29, 1.82) is 0 Å². The highest BCUT2D eigenvalue weighted by molar-refractivity contribution is 5.59. The number of rotatable bonds is 4. The number of hydrogen-bond acceptors (Lipinski definition) is 2. The van der Waals surface area contributed by atoms with Gasteiger partial charge >= 0.3 is 0 Å². The molecule has 0 spiro atoms. The van der Waals surface area contributed by atoms with E-state index in [4.69, 9.17) is 5.73 Å². The van der Waals surface area contributed by atoms with Crippen molar-refractivity contribution in [2.24, 2.45) is 11.7 Å². The second kappa shape index (κ2) is 5.10. The number of halogens is 1. The van der Waals surface area contributed by atoms with Gasteiger partial charge in [0.05, 0.1) is 11.9 Å². The third-order valence-electron chi connectivity index (χ3n) is 2.74. The first-order valence-electron chi connectivity index (χ1n) is 5.69. The fourth-order valence-electron chi connectivity index (χ4n) is 1.70. The number of aromatic nitrogens is 2. The van der Waals surface area contributed by atoms with E-state index in [0.29, 0.717) is 23.7 Å². The summed E-state index contributed by atoms with van der Waals surface area (Å²) in [7, 11) is 0. The molecule has 0 aliphatic rings. The highest BCUT2D eigenvalue weighted by Crippen LogP contribution is 2.20. The van der Waals surface area contributed by atoms with Gasteiger partial charge in [0, 0.05) is 12.0 Å². The lowest BCUT2D eigenvalue weighted by Crippen LogP contribution is -2.13.